The van der Waals surface area contributed by atoms with Crippen LogP contribution in [0.3, 0.4) is 0 Å². The van der Waals surface area contributed by atoms with E-state index in [2.05, 4.69) is 4.72 Å². The minimum atomic E-state index is -3.83. The summed E-state index contributed by atoms with van der Waals surface area (Å²) in [7, 11) is -2.22. The van der Waals surface area contributed by atoms with E-state index in [1.54, 1.807) is 14.0 Å². The van der Waals surface area contributed by atoms with Gasteiger partial charge in [-0.25, -0.2) is 17.5 Å². The van der Waals surface area contributed by atoms with Gasteiger partial charge in [0.05, 0.1) is 18.6 Å². The van der Waals surface area contributed by atoms with Crippen molar-refractivity contribution in [3.05, 3.63) is 53.8 Å². The summed E-state index contributed by atoms with van der Waals surface area (Å²) in [6, 6.07) is 11.5. The average molecular weight is 408 g/mol. The number of hydrogen-bond donors (Lipinski definition) is 1. The molecule has 0 saturated heterocycles. The van der Waals surface area contributed by atoms with E-state index in [1.165, 1.54) is 12.1 Å². The fraction of sp³-hybridized carbons (Fsp3) is 0.429. The molecule has 2 aromatic carbocycles. The van der Waals surface area contributed by atoms with Crippen molar-refractivity contribution in [3.8, 4) is 11.5 Å². The Morgan fingerprint density at radius 1 is 1.11 bits per heavy atom. The van der Waals surface area contributed by atoms with E-state index in [-0.39, 0.29) is 22.6 Å². The number of methoxy groups -OCH3 is 1. The molecule has 1 fully saturated rings. The fourth-order valence-corrected chi connectivity index (χ4v) is 4.94. The molecule has 2 aromatic rings. The van der Waals surface area contributed by atoms with Crippen molar-refractivity contribution in [2.24, 2.45) is 0 Å². The quantitative estimate of drug-likeness (QED) is 0.718. The molecule has 1 saturated carbocycles. The van der Waals surface area contributed by atoms with Crippen LogP contribution in [0.4, 0.5) is 4.39 Å². The predicted molar refractivity (Wildman–Crippen MR) is 106 cm³/mol. The first kappa shape index (κ1) is 20.6. The van der Waals surface area contributed by atoms with E-state index in [0.717, 1.165) is 43.1 Å². The maximum Gasteiger partial charge on any atom is 0.240 e. The summed E-state index contributed by atoms with van der Waals surface area (Å²) in [5.41, 5.74) is 0.828. The van der Waals surface area contributed by atoms with Crippen molar-refractivity contribution in [3.63, 3.8) is 0 Å². The average Bonchev–Trinajstić information content (AvgIpc) is 3.18. The van der Waals surface area contributed by atoms with Gasteiger partial charge in [-0.2, -0.15) is 0 Å². The number of halogens is 1. The van der Waals surface area contributed by atoms with E-state index < -0.39 is 15.8 Å². The van der Waals surface area contributed by atoms with Gasteiger partial charge >= 0.3 is 0 Å². The summed E-state index contributed by atoms with van der Waals surface area (Å²) in [5.74, 6) is 0.129. The van der Waals surface area contributed by atoms with Crippen molar-refractivity contribution in [1.82, 2.24) is 4.72 Å². The third-order valence-electron chi connectivity index (χ3n) is 5.38. The summed E-state index contributed by atoms with van der Waals surface area (Å²) >= 11 is 0. The summed E-state index contributed by atoms with van der Waals surface area (Å²) < 4.78 is 52.6. The fourth-order valence-electron chi connectivity index (χ4n) is 3.80. The molecule has 0 bridgehead atoms. The van der Waals surface area contributed by atoms with Gasteiger partial charge in [-0.05, 0) is 55.7 Å². The van der Waals surface area contributed by atoms with Gasteiger partial charge < -0.3 is 9.47 Å². The molecule has 0 atom stereocenters. The standard InChI is InChI=1S/C21H26FNO4S/c1-3-27-20-11-10-18(14-19(20)22)28(24,25)23-15-21(12-4-5-13-21)16-6-8-17(26-2)9-7-16/h6-11,14,23H,3-5,12-13,15H2,1-2H3. The maximum atomic E-state index is 14.1. The SMILES string of the molecule is CCOc1ccc(S(=O)(=O)NCC2(c3ccc(OC)cc3)CCCC2)cc1F. The minimum absolute atomic E-state index is 0.0481. The van der Waals surface area contributed by atoms with Crippen LogP contribution in [0.15, 0.2) is 47.4 Å². The third kappa shape index (κ3) is 4.31. The highest BCUT2D eigenvalue weighted by molar-refractivity contribution is 7.89. The molecule has 0 heterocycles. The monoisotopic (exact) mass is 407 g/mol. The molecule has 1 N–H and O–H groups in total. The van der Waals surface area contributed by atoms with Gasteiger partial charge in [0.15, 0.2) is 11.6 Å². The van der Waals surface area contributed by atoms with Gasteiger partial charge in [-0.3, -0.25) is 0 Å². The molecule has 0 spiro atoms. The zero-order valence-electron chi connectivity index (χ0n) is 16.2. The number of nitrogens with one attached hydrogen (secondary N) is 1. The number of ether oxygens (including phenoxy) is 2. The topological polar surface area (TPSA) is 64.6 Å². The van der Waals surface area contributed by atoms with Crippen LogP contribution in [0.25, 0.3) is 0 Å². The summed E-state index contributed by atoms with van der Waals surface area (Å²) in [4.78, 5) is -0.101. The van der Waals surface area contributed by atoms with Crippen LogP contribution in [0.1, 0.15) is 38.2 Å². The highest BCUT2D eigenvalue weighted by Gasteiger charge is 2.36. The largest absolute Gasteiger partial charge is 0.497 e. The molecule has 0 aromatic heterocycles. The maximum absolute atomic E-state index is 14.1. The Morgan fingerprint density at radius 3 is 2.36 bits per heavy atom. The van der Waals surface area contributed by atoms with Gasteiger partial charge in [0.1, 0.15) is 5.75 Å². The van der Waals surface area contributed by atoms with E-state index >= 15 is 0 Å². The molecule has 0 unspecified atom stereocenters. The van der Waals surface area contributed by atoms with E-state index in [9.17, 15) is 12.8 Å². The summed E-state index contributed by atoms with van der Waals surface area (Å²) in [6.07, 6.45) is 3.90. The van der Waals surface area contributed by atoms with E-state index in [1.807, 2.05) is 24.3 Å². The second-order valence-electron chi connectivity index (χ2n) is 7.07. The molecular weight excluding hydrogens is 381 g/mol. The Balaban J connectivity index is 1.80. The zero-order chi connectivity index (χ0) is 20.2. The Kier molecular flexibility index (Phi) is 6.25. The normalized spacial score (nSPS) is 16.1. The third-order valence-corrected chi connectivity index (χ3v) is 6.78. The van der Waals surface area contributed by atoms with Crippen molar-refractivity contribution in [2.45, 2.75) is 42.9 Å². The van der Waals surface area contributed by atoms with Crippen LogP contribution in [0.5, 0.6) is 11.5 Å². The van der Waals surface area contributed by atoms with Gasteiger partial charge in [-0.15, -0.1) is 0 Å². The van der Waals surface area contributed by atoms with Crippen LogP contribution in [0, 0.1) is 5.82 Å². The molecule has 1 aliphatic rings. The van der Waals surface area contributed by atoms with E-state index in [4.69, 9.17) is 9.47 Å². The molecule has 0 aliphatic heterocycles. The van der Waals surface area contributed by atoms with Crippen molar-refractivity contribution < 1.29 is 22.3 Å². The van der Waals surface area contributed by atoms with Crippen LogP contribution < -0.4 is 14.2 Å². The van der Waals surface area contributed by atoms with Crippen LogP contribution in [-0.2, 0) is 15.4 Å². The van der Waals surface area contributed by atoms with Crippen LogP contribution in [-0.4, -0.2) is 28.7 Å². The number of sulfonamides is 1. The van der Waals surface area contributed by atoms with Crippen molar-refractivity contribution in [2.75, 3.05) is 20.3 Å². The molecule has 7 heteroatoms. The van der Waals surface area contributed by atoms with Gasteiger partial charge in [0.2, 0.25) is 10.0 Å². The first-order valence-electron chi connectivity index (χ1n) is 9.47. The lowest BCUT2D eigenvalue weighted by atomic mass is 9.79. The molecule has 28 heavy (non-hydrogen) atoms. The Bertz CT molecular complexity index is 907. The highest BCUT2D eigenvalue weighted by atomic mass is 32.2. The zero-order valence-corrected chi connectivity index (χ0v) is 17.0. The molecule has 3 rings (SSSR count). The lowest BCUT2D eigenvalue weighted by molar-refractivity contribution is 0.321. The molecule has 0 amide bonds. The number of rotatable bonds is 8. The van der Waals surface area contributed by atoms with E-state index in [0.29, 0.717) is 6.61 Å². The Labute approximate surface area is 165 Å². The van der Waals surface area contributed by atoms with Gasteiger partial charge in [0.25, 0.3) is 0 Å². The first-order chi connectivity index (χ1) is 13.4. The van der Waals surface area contributed by atoms with Crippen molar-refractivity contribution in [1.29, 1.82) is 0 Å². The smallest absolute Gasteiger partial charge is 0.240 e. The van der Waals surface area contributed by atoms with Gasteiger partial charge in [-0.1, -0.05) is 25.0 Å². The lowest BCUT2D eigenvalue weighted by Crippen LogP contribution is -2.39. The summed E-state index contributed by atoms with van der Waals surface area (Å²) in [5, 5.41) is 0. The van der Waals surface area contributed by atoms with Crippen LogP contribution >= 0.6 is 0 Å². The molecule has 5 nitrogen and oxygen atoms in total. The molecule has 1 aliphatic carbocycles. The minimum Gasteiger partial charge on any atom is -0.497 e. The highest BCUT2D eigenvalue weighted by Crippen LogP contribution is 2.41. The Hall–Kier alpha value is -2.12. The van der Waals surface area contributed by atoms with Gasteiger partial charge in [0, 0.05) is 12.0 Å². The van der Waals surface area contributed by atoms with Crippen molar-refractivity contribution >= 4 is 10.0 Å². The molecular formula is C21H26FNO4S. The first-order valence-corrected chi connectivity index (χ1v) is 10.9. The number of hydrogen-bond acceptors (Lipinski definition) is 4. The molecule has 0 radical (unpaired) electrons. The number of benzene rings is 2. The lowest BCUT2D eigenvalue weighted by Gasteiger charge is -2.30. The second-order valence-corrected chi connectivity index (χ2v) is 8.83. The molecule has 152 valence electrons. The second kappa shape index (κ2) is 8.49. The summed E-state index contributed by atoms with van der Waals surface area (Å²) in [6.45, 7) is 2.33. The Morgan fingerprint density at radius 2 is 1.79 bits per heavy atom. The predicted octanol–water partition coefficient (Wildman–Crippen LogP) is 4.02. The van der Waals surface area contributed by atoms with Crippen LogP contribution in [0.2, 0.25) is 0 Å².